The van der Waals surface area contributed by atoms with Crippen molar-refractivity contribution < 1.29 is 8.78 Å². The van der Waals surface area contributed by atoms with Gasteiger partial charge in [0.15, 0.2) is 0 Å². The number of halogens is 2. The van der Waals surface area contributed by atoms with Crippen LogP contribution in [-0.2, 0) is 0 Å². The summed E-state index contributed by atoms with van der Waals surface area (Å²) in [6, 6.07) is 11.8. The van der Waals surface area contributed by atoms with Crippen molar-refractivity contribution in [1.82, 2.24) is 0 Å². The second-order valence-electron chi connectivity index (χ2n) is 4.19. The average molecular weight is 274 g/mol. The molecule has 0 aromatic heterocycles. The van der Waals surface area contributed by atoms with E-state index in [-0.39, 0.29) is 5.56 Å². The molecule has 0 bridgehead atoms. The highest BCUT2D eigenvalue weighted by Gasteiger charge is 2.05. The highest BCUT2D eigenvalue weighted by Crippen LogP contribution is 2.16. The molecule has 0 N–H and O–H groups in total. The van der Waals surface area contributed by atoms with Crippen LogP contribution >= 0.6 is 12.2 Å². The van der Waals surface area contributed by atoms with Gasteiger partial charge >= 0.3 is 0 Å². The molecule has 0 amide bonds. The molecule has 2 aromatic rings. The van der Waals surface area contributed by atoms with E-state index in [1.54, 1.807) is 6.08 Å². The Kier molecular flexibility index (Phi) is 4.17. The standard InChI is InChI=1S/C16H12F2S/c1-11-9-15(18)13(10-14(11)17)7-8-16(19)12-5-3-2-4-6-12/h2-10H,1H3. The third kappa shape index (κ3) is 3.32. The minimum atomic E-state index is -0.453. The summed E-state index contributed by atoms with van der Waals surface area (Å²) in [5, 5.41) is 0. The first-order valence-electron chi connectivity index (χ1n) is 5.81. The lowest BCUT2D eigenvalue weighted by Gasteiger charge is -2.01. The summed E-state index contributed by atoms with van der Waals surface area (Å²) in [7, 11) is 0. The van der Waals surface area contributed by atoms with Gasteiger partial charge in [0.05, 0.1) is 0 Å². The van der Waals surface area contributed by atoms with Crippen molar-refractivity contribution in [2.24, 2.45) is 0 Å². The largest absolute Gasteiger partial charge is 0.207 e. The Hall–Kier alpha value is -1.87. The Balaban J connectivity index is 2.24. The topological polar surface area (TPSA) is 0 Å². The van der Waals surface area contributed by atoms with Gasteiger partial charge in [-0.3, -0.25) is 0 Å². The van der Waals surface area contributed by atoms with Crippen LogP contribution in [0.25, 0.3) is 6.08 Å². The third-order valence-corrected chi connectivity index (χ3v) is 3.12. The molecular formula is C16H12F2S. The van der Waals surface area contributed by atoms with E-state index in [1.165, 1.54) is 25.1 Å². The molecule has 19 heavy (non-hydrogen) atoms. The third-order valence-electron chi connectivity index (χ3n) is 2.75. The second kappa shape index (κ2) is 5.85. The van der Waals surface area contributed by atoms with Crippen LogP contribution in [0.3, 0.4) is 0 Å². The zero-order valence-electron chi connectivity index (χ0n) is 10.4. The van der Waals surface area contributed by atoms with E-state index in [4.69, 9.17) is 12.2 Å². The minimum Gasteiger partial charge on any atom is -0.207 e. The van der Waals surface area contributed by atoms with Gasteiger partial charge in [-0.25, -0.2) is 8.78 Å². The highest BCUT2D eigenvalue weighted by molar-refractivity contribution is 7.81. The van der Waals surface area contributed by atoms with Crippen LogP contribution in [0.2, 0.25) is 0 Å². The van der Waals surface area contributed by atoms with Crippen LogP contribution in [0.4, 0.5) is 8.78 Å². The normalized spacial score (nSPS) is 10.9. The highest BCUT2D eigenvalue weighted by atomic mass is 32.1. The van der Waals surface area contributed by atoms with Gasteiger partial charge in [0.1, 0.15) is 11.6 Å². The molecule has 0 spiro atoms. The van der Waals surface area contributed by atoms with Crippen molar-refractivity contribution >= 4 is 23.2 Å². The van der Waals surface area contributed by atoms with Crippen molar-refractivity contribution in [3.8, 4) is 0 Å². The molecule has 96 valence electrons. The molecule has 2 rings (SSSR count). The molecule has 3 heteroatoms. The minimum absolute atomic E-state index is 0.196. The zero-order valence-corrected chi connectivity index (χ0v) is 11.2. The molecule has 0 heterocycles. The summed E-state index contributed by atoms with van der Waals surface area (Å²) >= 11 is 5.22. The molecular weight excluding hydrogens is 262 g/mol. The summed E-state index contributed by atoms with van der Waals surface area (Å²) in [5.74, 6) is -0.877. The van der Waals surface area contributed by atoms with Gasteiger partial charge in [-0.05, 0) is 36.3 Å². The second-order valence-corrected chi connectivity index (χ2v) is 4.63. The lowest BCUT2D eigenvalue weighted by Crippen LogP contribution is -1.93. The van der Waals surface area contributed by atoms with E-state index in [2.05, 4.69) is 0 Å². The summed E-state index contributed by atoms with van der Waals surface area (Å²) < 4.78 is 27.0. The predicted octanol–water partition coefficient (Wildman–Crippen LogP) is 4.70. The summed E-state index contributed by atoms with van der Waals surface area (Å²) in [5.41, 5.74) is 1.36. The van der Waals surface area contributed by atoms with Crippen molar-refractivity contribution in [2.75, 3.05) is 0 Å². The Morgan fingerprint density at radius 1 is 1.05 bits per heavy atom. The monoisotopic (exact) mass is 274 g/mol. The van der Waals surface area contributed by atoms with Gasteiger partial charge in [0.25, 0.3) is 0 Å². The van der Waals surface area contributed by atoms with Gasteiger partial charge in [0.2, 0.25) is 0 Å². The van der Waals surface area contributed by atoms with E-state index in [1.807, 2.05) is 30.3 Å². The molecule has 0 aliphatic carbocycles. The number of hydrogen-bond acceptors (Lipinski definition) is 1. The molecule has 0 atom stereocenters. The molecule has 0 aliphatic rings. The fourth-order valence-corrected chi connectivity index (χ4v) is 1.86. The molecule has 0 fully saturated rings. The van der Waals surface area contributed by atoms with Crippen LogP contribution in [0.1, 0.15) is 16.7 Å². The van der Waals surface area contributed by atoms with Crippen LogP contribution in [0.5, 0.6) is 0 Å². The van der Waals surface area contributed by atoms with Crippen LogP contribution < -0.4 is 0 Å². The molecule has 0 aliphatic heterocycles. The van der Waals surface area contributed by atoms with E-state index >= 15 is 0 Å². The van der Waals surface area contributed by atoms with Crippen LogP contribution in [0, 0.1) is 18.6 Å². The maximum absolute atomic E-state index is 13.6. The summed E-state index contributed by atoms with van der Waals surface area (Å²) in [4.78, 5) is 0.584. The Labute approximate surface area is 116 Å². The summed E-state index contributed by atoms with van der Waals surface area (Å²) in [6.45, 7) is 1.53. The van der Waals surface area contributed by atoms with Gasteiger partial charge < -0.3 is 0 Å². The van der Waals surface area contributed by atoms with E-state index in [9.17, 15) is 8.78 Å². The van der Waals surface area contributed by atoms with Gasteiger partial charge in [-0.2, -0.15) is 0 Å². The molecule has 0 saturated carbocycles. The first kappa shape index (κ1) is 13.6. The quantitative estimate of drug-likeness (QED) is 0.444. The van der Waals surface area contributed by atoms with Crippen molar-refractivity contribution in [1.29, 1.82) is 0 Å². The van der Waals surface area contributed by atoms with Gasteiger partial charge in [0, 0.05) is 10.4 Å². The Bertz CT molecular complexity index is 631. The van der Waals surface area contributed by atoms with Crippen molar-refractivity contribution in [2.45, 2.75) is 6.92 Å². The SMILES string of the molecule is Cc1cc(F)c(C=CC(=S)c2ccccc2)cc1F. The van der Waals surface area contributed by atoms with E-state index in [0.717, 1.165) is 5.56 Å². The number of thiocarbonyl (C=S) groups is 1. The number of rotatable bonds is 3. The predicted molar refractivity (Wildman–Crippen MR) is 78.3 cm³/mol. The zero-order chi connectivity index (χ0) is 13.8. The number of aryl methyl sites for hydroxylation is 1. The lowest BCUT2D eigenvalue weighted by atomic mass is 10.1. The summed E-state index contributed by atoms with van der Waals surface area (Å²) in [6.07, 6.45) is 3.10. The van der Waals surface area contributed by atoms with Crippen molar-refractivity contribution in [3.63, 3.8) is 0 Å². The number of allylic oxidation sites excluding steroid dienone is 1. The molecule has 0 nitrogen and oxygen atoms in total. The fraction of sp³-hybridized carbons (Fsp3) is 0.0625. The molecule has 0 unspecified atom stereocenters. The van der Waals surface area contributed by atoms with Crippen molar-refractivity contribution in [3.05, 3.63) is 76.9 Å². The molecule has 2 aromatic carbocycles. The smallest absolute Gasteiger partial charge is 0.130 e. The van der Waals surface area contributed by atoms with E-state index < -0.39 is 11.6 Å². The Morgan fingerprint density at radius 3 is 2.42 bits per heavy atom. The maximum Gasteiger partial charge on any atom is 0.130 e. The number of benzene rings is 2. The van der Waals surface area contributed by atoms with Crippen LogP contribution in [-0.4, -0.2) is 4.86 Å². The first-order chi connectivity index (χ1) is 9.08. The first-order valence-corrected chi connectivity index (χ1v) is 6.22. The van der Waals surface area contributed by atoms with Gasteiger partial charge in [-0.15, -0.1) is 0 Å². The molecule has 0 saturated heterocycles. The van der Waals surface area contributed by atoms with Crippen LogP contribution in [0.15, 0.2) is 48.5 Å². The maximum atomic E-state index is 13.6. The number of hydrogen-bond donors (Lipinski definition) is 0. The fourth-order valence-electron chi connectivity index (χ4n) is 1.65. The lowest BCUT2D eigenvalue weighted by molar-refractivity contribution is 0.590. The molecule has 0 radical (unpaired) electrons. The van der Waals surface area contributed by atoms with E-state index in [0.29, 0.717) is 10.4 Å². The average Bonchev–Trinajstić information content (AvgIpc) is 2.42. The van der Waals surface area contributed by atoms with Gasteiger partial charge in [-0.1, -0.05) is 48.6 Å². The Morgan fingerprint density at radius 2 is 1.74 bits per heavy atom.